The molecule has 0 unspecified atom stereocenters. The Morgan fingerprint density at radius 1 is 1.40 bits per heavy atom. The van der Waals surface area contributed by atoms with E-state index in [0.717, 1.165) is 55.1 Å². The minimum atomic E-state index is -0.963. The minimum absolute atomic E-state index is 0.173. The number of carboxylic acids is 1. The molecule has 0 saturated carbocycles. The third-order valence-corrected chi connectivity index (χ3v) is 5.09. The van der Waals surface area contributed by atoms with Crippen LogP contribution in [0.1, 0.15) is 46.2 Å². The first-order chi connectivity index (χ1) is 12.2. The van der Waals surface area contributed by atoms with Gasteiger partial charge in [0.15, 0.2) is 5.69 Å². The Balaban J connectivity index is 1.48. The molecule has 0 amide bonds. The average Bonchev–Trinajstić information content (AvgIpc) is 3.28. The van der Waals surface area contributed by atoms with Crippen molar-refractivity contribution >= 4 is 5.97 Å². The molecule has 25 heavy (non-hydrogen) atoms. The molecule has 0 fully saturated rings. The van der Waals surface area contributed by atoms with Gasteiger partial charge in [-0.15, -0.1) is 16.8 Å². The van der Waals surface area contributed by atoms with Crippen LogP contribution in [0.2, 0.25) is 0 Å². The van der Waals surface area contributed by atoms with Crippen molar-refractivity contribution in [1.29, 1.82) is 0 Å². The molecule has 8 heteroatoms. The lowest BCUT2D eigenvalue weighted by Gasteiger charge is -2.24. The number of hydrogen-bond donors (Lipinski definition) is 2. The van der Waals surface area contributed by atoms with Gasteiger partial charge in [0, 0.05) is 30.3 Å². The first-order valence-corrected chi connectivity index (χ1v) is 8.74. The molecule has 4 rings (SSSR count). The van der Waals surface area contributed by atoms with Gasteiger partial charge in [0.1, 0.15) is 11.6 Å². The van der Waals surface area contributed by atoms with Gasteiger partial charge in [-0.05, 0) is 25.7 Å². The fourth-order valence-corrected chi connectivity index (χ4v) is 3.88. The predicted octanol–water partition coefficient (Wildman–Crippen LogP) is 0.952. The number of nitrogens with zero attached hydrogens (tertiary/aromatic N) is 5. The van der Waals surface area contributed by atoms with Crippen LogP contribution in [-0.2, 0) is 38.9 Å². The van der Waals surface area contributed by atoms with Gasteiger partial charge in [0.2, 0.25) is 0 Å². The van der Waals surface area contributed by atoms with E-state index in [2.05, 4.69) is 31.8 Å². The summed E-state index contributed by atoms with van der Waals surface area (Å²) in [5.41, 5.74) is 2.05. The van der Waals surface area contributed by atoms with Crippen molar-refractivity contribution in [3.05, 3.63) is 41.3 Å². The highest BCUT2D eigenvalue weighted by molar-refractivity contribution is 5.87. The van der Waals surface area contributed by atoms with Crippen LogP contribution in [0.4, 0.5) is 0 Å². The van der Waals surface area contributed by atoms with Gasteiger partial charge < -0.3 is 15.0 Å². The summed E-state index contributed by atoms with van der Waals surface area (Å²) in [6.45, 7) is 5.92. The summed E-state index contributed by atoms with van der Waals surface area (Å²) in [5.74, 6) is 1.08. The number of aromatic nitrogens is 5. The molecule has 0 radical (unpaired) electrons. The second-order valence-corrected chi connectivity index (χ2v) is 6.66. The summed E-state index contributed by atoms with van der Waals surface area (Å²) >= 11 is 0. The number of aromatic carboxylic acids is 1. The predicted molar refractivity (Wildman–Crippen MR) is 90.4 cm³/mol. The molecule has 132 valence electrons. The van der Waals surface area contributed by atoms with E-state index >= 15 is 0 Å². The first kappa shape index (κ1) is 16.0. The van der Waals surface area contributed by atoms with Crippen LogP contribution in [0.15, 0.2) is 12.7 Å². The zero-order valence-corrected chi connectivity index (χ0v) is 14.1. The van der Waals surface area contributed by atoms with Gasteiger partial charge in [-0.25, -0.2) is 4.79 Å². The van der Waals surface area contributed by atoms with Crippen LogP contribution >= 0.6 is 0 Å². The maximum atomic E-state index is 11.5. The standard InChI is InChI=1S/C17H22N6O2/c1-2-7-23-13-6-5-11(9-12(13)16(21-23)17(24)25)18-10-15-20-19-14-4-3-8-22(14)15/h2,11,18H,1,3-10H2,(H,24,25)/t11-/m0/s1. The number of hydrogen-bond acceptors (Lipinski definition) is 5. The number of carboxylic acid groups (broad SMARTS) is 1. The summed E-state index contributed by atoms with van der Waals surface area (Å²) in [4.78, 5) is 11.5. The number of carbonyl (C=O) groups is 1. The van der Waals surface area contributed by atoms with Crippen LogP contribution in [0.5, 0.6) is 0 Å². The normalized spacial score (nSPS) is 18.8. The maximum absolute atomic E-state index is 11.5. The third-order valence-electron chi connectivity index (χ3n) is 5.09. The lowest BCUT2D eigenvalue weighted by molar-refractivity contribution is 0.0688. The summed E-state index contributed by atoms with van der Waals surface area (Å²) in [6, 6.07) is 0.223. The van der Waals surface area contributed by atoms with Gasteiger partial charge in [0.05, 0.1) is 13.1 Å². The number of fused-ring (bicyclic) bond motifs is 2. The summed E-state index contributed by atoms with van der Waals surface area (Å²) in [7, 11) is 0. The molecule has 1 aliphatic carbocycles. The zero-order chi connectivity index (χ0) is 17.4. The van der Waals surface area contributed by atoms with Crippen molar-refractivity contribution in [2.24, 2.45) is 0 Å². The number of nitrogens with one attached hydrogen (secondary N) is 1. The molecule has 2 aliphatic rings. The van der Waals surface area contributed by atoms with Crippen molar-refractivity contribution in [1.82, 2.24) is 29.9 Å². The van der Waals surface area contributed by atoms with E-state index in [1.807, 2.05) is 0 Å². The second kappa shape index (κ2) is 6.44. The van der Waals surface area contributed by atoms with Crippen molar-refractivity contribution in [2.75, 3.05) is 0 Å². The van der Waals surface area contributed by atoms with Gasteiger partial charge in [-0.3, -0.25) is 4.68 Å². The van der Waals surface area contributed by atoms with Crippen molar-refractivity contribution < 1.29 is 9.90 Å². The Labute approximate surface area is 145 Å². The lowest BCUT2D eigenvalue weighted by Crippen LogP contribution is -2.35. The molecule has 1 aliphatic heterocycles. The van der Waals surface area contributed by atoms with Gasteiger partial charge >= 0.3 is 5.97 Å². The summed E-state index contributed by atoms with van der Waals surface area (Å²) in [6.07, 6.45) is 6.33. The van der Waals surface area contributed by atoms with E-state index in [9.17, 15) is 9.90 Å². The van der Waals surface area contributed by atoms with E-state index in [1.165, 1.54) is 0 Å². The van der Waals surface area contributed by atoms with Crippen LogP contribution in [0, 0.1) is 0 Å². The largest absolute Gasteiger partial charge is 0.476 e. The topological polar surface area (TPSA) is 97.9 Å². The molecular formula is C17H22N6O2. The van der Waals surface area contributed by atoms with Crippen LogP contribution in [-0.4, -0.2) is 41.7 Å². The molecule has 2 aromatic heterocycles. The van der Waals surface area contributed by atoms with Crippen LogP contribution < -0.4 is 5.32 Å². The van der Waals surface area contributed by atoms with Crippen LogP contribution in [0.25, 0.3) is 0 Å². The molecule has 2 N–H and O–H groups in total. The van der Waals surface area contributed by atoms with Crippen molar-refractivity contribution in [3.8, 4) is 0 Å². The zero-order valence-electron chi connectivity index (χ0n) is 14.1. The van der Waals surface area contributed by atoms with Crippen LogP contribution in [0.3, 0.4) is 0 Å². The highest BCUT2D eigenvalue weighted by Gasteiger charge is 2.29. The molecule has 8 nitrogen and oxygen atoms in total. The number of allylic oxidation sites excluding steroid dienone is 1. The smallest absolute Gasteiger partial charge is 0.356 e. The Morgan fingerprint density at radius 3 is 3.08 bits per heavy atom. The summed E-state index contributed by atoms with van der Waals surface area (Å²) in [5, 5.41) is 25.7. The monoisotopic (exact) mass is 342 g/mol. The SMILES string of the molecule is C=CCn1nc(C(=O)O)c2c1CC[C@H](NCc1nnc3n1CCC3)C2. The fraction of sp³-hybridized carbons (Fsp3) is 0.529. The fourth-order valence-electron chi connectivity index (χ4n) is 3.88. The Kier molecular flexibility index (Phi) is 4.12. The molecule has 1 atom stereocenters. The molecule has 2 aromatic rings. The van der Waals surface area contributed by atoms with E-state index in [-0.39, 0.29) is 11.7 Å². The quantitative estimate of drug-likeness (QED) is 0.759. The first-order valence-electron chi connectivity index (χ1n) is 8.74. The molecule has 0 bridgehead atoms. The van der Waals surface area contributed by atoms with Gasteiger partial charge in [0.25, 0.3) is 0 Å². The molecule has 0 aromatic carbocycles. The van der Waals surface area contributed by atoms with E-state index in [0.29, 0.717) is 19.5 Å². The molecular weight excluding hydrogens is 320 g/mol. The maximum Gasteiger partial charge on any atom is 0.356 e. The van der Waals surface area contributed by atoms with E-state index in [1.54, 1.807) is 10.8 Å². The highest BCUT2D eigenvalue weighted by atomic mass is 16.4. The molecule has 3 heterocycles. The number of rotatable bonds is 6. The second-order valence-electron chi connectivity index (χ2n) is 6.66. The Morgan fingerprint density at radius 2 is 2.28 bits per heavy atom. The highest BCUT2D eigenvalue weighted by Crippen LogP contribution is 2.25. The van der Waals surface area contributed by atoms with Crippen molar-refractivity contribution in [3.63, 3.8) is 0 Å². The van der Waals surface area contributed by atoms with Gasteiger partial charge in [-0.2, -0.15) is 5.10 Å². The molecule has 0 spiro atoms. The van der Waals surface area contributed by atoms with E-state index in [4.69, 9.17) is 0 Å². The third kappa shape index (κ3) is 2.86. The van der Waals surface area contributed by atoms with E-state index < -0.39 is 5.97 Å². The Hall–Kier alpha value is -2.48. The average molecular weight is 342 g/mol. The number of aryl methyl sites for hydroxylation is 1. The molecule has 0 saturated heterocycles. The Bertz CT molecular complexity index is 821. The summed E-state index contributed by atoms with van der Waals surface area (Å²) < 4.78 is 3.96. The lowest BCUT2D eigenvalue weighted by atomic mass is 9.91. The van der Waals surface area contributed by atoms with Gasteiger partial charge in [-0.1, -0.05) is 6.08 Å². The minimum Gasteiger partial charge on any atom is -0.476 e. The van der Waals surface area contributed by atoms with Crippen molar-refractivity contribution in [2.45, 2.75) is 57.8 Å².